The third-order valence-electron chi connectivity index (χ3n) is 6.91. The van der Waals surface area contributed by atoms with Gasteiger partial charge in [-0.1, -0.05) is 49.4 Å². The molecule has 0 bridgehead atoms. The Kier molecular flexibility index (Phi) is 8.33. The number of alkyl halides is 3. The molecule has 0 unspecified atom stereocenters. The first-order valence-corrected chi connectivity index (χ1v) is 13.7. The van der Waals surface area contributed by atoms with Crippen molar-refractivity contribution in [2.45, 2.75) is 59.2 Å². The predicted molar refractivity (Wildman–Crippen MR) is 152 cm³/mol. The molecule has 5 rings (SSSR count). The molecular weight excluding hydrogens is 565 g/mol. The van der Waals surface area contributed by atoms with Gasteiger partial charge in [-0.3, -0.25) is 28.0 Å². The highest BCUT2D eigenvalue weighted by molar-refractivity contribution is 5.77. The van der Waals surface area contributed by atoms with Crippen molar-refractivity contribution in [2.24, 2.45) is 0 Å². The highest BCUT2D eigenvalue weighted by Gasteiger charge is 2.30. The van der Waals surface area contributed by atoms with Crippen molar-refractivity contribution in [3.63, 3.8) is 0 Å². The fourth-order valence-electron chi connectivity index (χ4n) is 4.89. The average molecular weight is 595 g/mol. The fraction of sp³-hybridized carbons (Fsp3) is 0.300. The summed E-state index contributed by atoms with van der Waals surface area (Å²) in [5.41, 5.74) is -0.0664. The molecule has 43 heavy (non-hydrogen) atoms. The zero-order valence-electron chi connectivity index (χ0n) is 23.5. The highest BCUT2D eigenvalue weighted by Crippen LogP contribution is 2.30. The van der Waals surface area contributed by atoms with Gasteiger partial charge in [0.2, 0.25) is 0 Å². The van der Waals surface area contributed by atoms with Gasteiger partial charge in [0.1, 0.15) is 5.82 Å². The summed E-state index contributed by atoms with van der Waals surface area (Å²) in [7, 11) is 0. The number of rotatable bonds is 10. The summed E-state index contributed by atoms with van der Waals surface area (Å²) in [5.74, 6) is -0.317. The molecule has 2 aromatic carbocycles. The molecule has 13 heteroatoms. The van der Waals surface area contributed by atoms with Gasteiger partial charge in [0.15, 0.2) is 17.9 Å². The van der Waals surface area contributed by atoms with E-state index in [1.165, 1.54) is 26.1 Å². The molecule has 0 aliphatic carbocycles. The van der Waals surface area contributed by atoms with E-state index >= 15 is 0 Å². The number of aryl methyl sites for hydroxylation is 1. The number of carbonyl (C=O) groups excluding carboxylic acids is 1. The van der Waals surface area contributed by atoms with E-state index in [2.05, 4.69) is 10.1 Å². The Bertz CT molecular complexity index is 1890. The van der Waals surface area contributed by atoms with Gasteiger partial charge in [-0.25, -0.2) is 9.78 Å². The zero-order valence-corrected chi connectivity index (χ0v) is 23.5. The van der Waals surface area contributed by atoms with Gasteiger partial charge in [-0.15, -0.1) is 0 Å². The third-order valence-corrected chi connectivity index (χ3v) is 6.91. The first-order chi connectivity index (χ1) is 20.6. The van der Waals surface area contributed by atoms with Crippen molar-refractivity contribution < 1.29 is 22.7 Å². The first kappa shape index (κ1) is 29.5. The minimum absolute atomic E-state index is 0.0114. The molecule has 0 amide bonds. The van der Waals surface area contributed by atoms with E-state index in [9.17, 15) is 27.6 Å². The molecule has 10 nitrogen and oxygen atoms in total. The molecule has 0 saturated carbocycles. The SMILES string of the molecule is CCCn1c(=O)c2c(nc(-c3cnn(Cc4cccc(C(F)(F)F)c4)c3)n2COC(=O)Cc2ccccc2)n(CC)c1=O. The molecule has 0 fully saturated rings. The molecule has 0 saturated heterocycles. The Morgan fingerprint density at radius 1 is 0.953 bits per heavy atom. The topological polar surface area (TPSA) is 106 Å². The van der Waals surface area contributed by atoms with Crippen LogP contribution in [0.15, 0.2) is 76.6 Å². The second-order valence-electron chi connectivity index (χ2n) is 9.95. The molecule has 0 aliphatic rings. The van der Waals surface area contributed by atoms with Crippen LogP contribution in [0.2, 0.25) is 0 Å². The standard InChI is InChI=1S/C30H29F3N6O4/c1-3-13-38-28(41)25-27(37(4-2)29(38)42)35-26(39(25)19-43-24(40)15-20-9-6-5-7-10-20)22-16-34-36(18-22)17-21-11-8-12-23(14-21)30(31,32)33/h5-12,14,16,18H,3-4,13,15,17,19H2,1-2H3. The van der Waals surface area contributed by atoms with Crippen LogP contribution in [0.1, 0.15) is 37.0 Å². The maximum absolute atomic E-state index is 13.6. The van der Waals surface area contributed by atoms with E-state index < -0.39 is 29.0 Å². The van der Waals surface area contributed by atoms with Crippen molar-refractivity contribution in [3.05, 3.63) is 105 Å². The summed E-state index contributed by atoms with van der Waals surface area (Å²) in [6.07, 6.45) is -0.899. The maximum Gasteiger partial charge on any atom is 0.416 e. The average Bonchev–Trinajstić information content (AvgIpc) is 3.59. The number of esters is 1. The summed E-state index contributed by atoms with van der Waals surface area (Å²) in [5, 5.41) is 4.29. The maximum atomic E-state index is 13.6. The number of aromatic nitrogens is 6. The van der Waals surface area contributed by atoms with Crippen molar-refractivity contribution in [1.82, 2.24) is 28.5 Å². The highest BCUT2D eigenvalue weighted by atomic mass is 19.4. The molecule has 224 valence electrons. The summed E-state index contributed by atoms with van der Waals surface area (Å²) < 4.78 is 50.6. The van der Waals surface area contributed by atoms with E-state index in [1.54, 1.807) is 43.5 Å². The van der Waals surface area contributed by atoms with Gasteiger partial charge in [-0.2, -0.15) is 18.3 Å². The monoisotopic (exact) mass is 594 g/mol. The fourth-order valence-corrected chi connectivity index (χ4v) is 4.89. The van der Waals surface area contributed by atoms with Crippen molar-refractivity contribution >= 4 is 17.1 Å². The van der Waals surface area contributed by atoms with Gasteiger partial charge in [0.05, 0.1) is 30.3 Å². The van der Waals surface area contributed by atoms with Gasteiger partial charge >= 0.3 is 17.8 Å². The van der Waals surface area contributed by atoms with Crippen LogP contribution in [0.5, 0.6) is 0 Å². The van der Waals surface area contributed by atoms with Crippen LogP contribution < -0.4 is 11.2 Å². The Balaban J connectivity index is 1.56. The number of nitrogens with zero attached hydrogens (tertiary/aromatic N) is 6. The van der Waals surface area contributed by atoms with Gasteiger partial charge in [0, 0.05) is 19.3 Å². The van der Waals surface area contributed by atoms with Crippen LogP contribution in [0.3, 0.4) is 0 Å². The number of imidazole rings is 1. The van der Waals surface area contributed by atoms with Crippen LogP contribution in [0, 0.1) is 0 Å². The van der Waals surface area contributed by atoms with E-state index in [1.807, 2.05) is 13.0 Å². The summed E-state index contributed by atoms with van der Waals surface area (Å²) in [6.45, 7) is 3.71. The third kappa shape index (κ3) is 6.15. The van der Waals surface area contributed by atoms with Crippen molar-refractivity contribution in [3.8, 4) is 11.4 Å². The van der Waals surface area contributed by atoms with Crippen molar-refractivity contribution in [2.75, 3.05) is 0 Å². The Morgan fingerprint density at radius 3 is 2.40 bits per heavy atom. The second kappa shape index (κ2) is 12.1. The molecule has 3 aromatic heterocycles. The van der Waals surface area contributed by atoms with E-state index in [4.69, 9.17) is 4.74 Å². The molecule has 0 radical (unpaired) electrons. The molecular formula is C30H29F3N6O4. The predicted octanol–water partition coefficient (Wildman–Crippen LogP) is 4.46. The first-order valence-electron chi connectivity index (χ1n) is 13.7. The smallest absolute Gasteiger partial charge is 0.416 e. The van der Waals surface area contributed by atoms with Gasteiger partial charge in [-0.05, 0) is 36.6 Å². The zero-order chi connectivity index (χ0) is 30.7. The molecule has 0 N–H and O–H groups in total. The van der Waals surface area contributed by atoms with Gasteiger partial charge in [0.25, 0.3) is 5.56 Å². The van der Waals surface area contributed by atoms with Gasteiger partial charge < -0.3 is 4.74 Å². The number of halogens is 3. The number of hydrogen-bond donors (Lipinski definition) is 0. The number of benzene rings is 2. The van der Waals surface area contributed by atoms with E-state index in [0.717, 1.165) is 22.3 Å². The lowest BCUT2D eigenvalue weighted by Crippen LogP contribution is -2.40. The number of ether oxygens (including phenoxy) is 1. The van der Waals surface area contributed by atoms with E-state index in [0.29, 0.717) is 17.5 Å². The normalized spacial score (nSPS) is 11.7. The summed E-state index contributed by atoms with van der Waals surface area (Å²) in [4.78, 5) is 44.1. The summed E-state index contributed by atoms with van der Waals surface area (Å²) in [6, 6.07) is 14.0. The number of carbonyl (C=O) groups is 1. The van der Waals surface area contributed by atoms with Crippen LogP contribution in [-0.2, 0) is 48.5 Å². The number of hydrogen-bond acceptors (Lipinski definition) is 6. The molecule has 0 atom stereocenters. The Hall–Kier alpha value is -4.94. The largest absolute Gasteiger partial charge is 0.444 e. The van der Waals surface area contributed by atoms with Crippen molar-refractivity contribution in [1.29, 1.82) is 0 Å². The number of fused-ring (bicyclic) bond motifs is 1. The van der Waals surface area contributed by atoms with Crippen LogP contribution in [-0.4, -0.2) is 34.4 Å². The lowest BCUT2D eigenvalue weighted by atomic mass is 10.1. The lowest BCUT2D eigenvalue weighted by molar-refractivity contribution is -0.146. The minimum atomic E-state index is -4.48. The molecule has 0 aliphatic heterocycles. The summed E-state index contributed by atoms with van der Waals surface area (Å²) >= 11 is 0. The van der Waals surface area contributed by atoms with Crippen LogP contribution >= 0.6 is 0 Å². The second-order valence-corrected chi connectivity index (χ2v) is 9.95. The Labute approximate surface area is 243 Å². The van der Waals surface area contributed by atoms with Crippen LogP contribution in [0.4, 0.5) is 13.2 Å². The van der Waals surface area contributed by atoms with Crippen LogP contribution in [0.25, 0.3) is 22.6 Å². The molecule has 5 aromatic rings. The lowest BCUT2D eigenvalue weighted by Gasteiger charge is -2.12. The molecule has 0 spiro atoms. The van der Waals surface area contributed by atoms with E-state index in [-0.39, 0.29) is 49.8 Å². The molecule has 3 heterocycles. The Morgan fingerprint density at radius 2 is 1.70 bits per heavy atom. The minimum Gasteiger partial charge on any atom is -0.444 e. The quantitative estimate of drug-likeness (QED) is 0.221.